The first-order valence-electron chi connectivity index (χ1n) is 5.82. The van der Waals surface area contributed by atoms with Crippen molar-refractivity contribution in [2.24, 2.45) is 0 Å². The largest absolute Gasteiger partial charge is 0.316 e. The van der Waals surface area contributed by atoms with Gasteiger partial charge in [-0.1, -0.05) is 23.7 Å². The molecule has 0 radical (unpaired) electrons. The van der Waals surface area contributed by atoms with Crippen LogP contribution in [0.1, 0.15) is 10.4 Å². The highest BCUT2D eigenvalue weighted by Crippen LogP contribution is 2.22. The first-order chi connectivity index (χ1) is 8.67. The first kappa shape index (κ1) is 14.1. The molecule has 1 N–H and O–H groups in total. The summed E-state index contributed by atoms with van der Waals surface area (Å²) in [5.41, 5.74) is 1.28. The summed E-state index contributed by atoms with van der Waals surface area (Å²) in [4.78, 5) is 1.39. The molecular formula is C14H15BrClNS. The summed E-state index contributed by atoms with van der Waals surface area (Å²) in [7, 11) is 2.01. The predicted molar refractivity (Wildman–Crippen MR) is 83.7 cm³/mol. The van der Waals surface area contributed by atoms with E-state index >= 15 is 0 Å². The van der Waals surface area contributed by atoms with Crippen molar-refractivity contribution in [1.82, 2.24) is 5.32 Å². The Morgan fingerprint density at radius 1 is 1.33 bits per heavy atom. The van der Waals surface area contributed by atoms with Gasteiger partial charge in [-0.3, -0.25) is 0 Å². The van der Waals surface area contributed by atoms with Crippen molar-refractivity contribution >= 4 is 38.9 Å². The van der Waals surface area contributed by atoms with Gasteiger partial charge >= 0.3 is 0 Å². The van der Waals surface area contributed by atoms with E-state index in [4.69, 9.17) is 11.6 Å². The minimum absolute atomic E-state index is 0.439. The van der Waals surface area contributed by atoms with Gasteiger partial charge in [0.2, 0.25) is 0 Å². The summed E-state index contributed by atoms with van der Waals surface area (Å²) in [6.45, 7) is 0. The van der Waals surface area contributed by atoms with Crippen molar-refractivity contribution in [2.45, 2.75) is 18.9 Å². The minimum Gasteiger partial charge on any atom is -0.316 e. The van der Waals surface area contributed by atoms with Crippen LogP contribution in [0, 0.1) is 0 Å². The standard InChI is InChI=1S/C14H15BrClNS/c1-17-13(8-14-7-11(15)9-18-14)6-10-3-2-4-12(16)5-10/h2-5,7,9,13,17H,6,8H2,1H3. The van der Waals surface area contributed by atoms with Gasteiger partial charge < -0.3 is 5.32 Å². The van der Waals surface area contributed by atoms with Gasteiger partial charge in [0.25, 0.3) is 0 Å². The zero-order valence-corrected chi connectivity index (χ0v) is 13.3. The Kier molecular flexibility index (Phi) is 5.25. The van der Waals surface area contributed by atoms with Gasteiger partial charge in [-0.25, -0.2) is 0 Å². The lowest BCUT2D eigenvalue weighted by Gasteiger charge is -2.15. The number of likely N-dealkylation sites (N-methyl/N-ethyl adjacent to an activating group) is 1. The van der Waals surface area contributed by atoms with Gasteiger partial charge in [0, 0.05) is 25.8 Å². The summed E-state index contributed by atoms with van der Waals surface area (Å²) in [5.74, 6) is 0. The fourth-order valence-corrected chi connectivity index (χ4v) is 3.67. The average Bonchev–Trinajstić information content (AvgIpc) is 2.74. The smallest absolute Gasteiger partial charge is 0.0408 e. The molecule has 0 bridgehead atoms. The lowest BCUT2D eigenvalue weighted by Crippen LogP contribution is -2.29. The van der Waals surface area contributed by atoms with Gasteiger partial charge in [0.1, 0.15) is 0 Å². The Bertz CT molecular complexity index is 512. The summed E-state index contributed by atoms with van der Waals surface area (Å²) >= 11 is 11.3. The number of halogens is 2. The zero-order chi connectivity index (χ0) is 13.0. The molecule has 96 valence electrons. The van der Waals surface area contributed by atoms with Crippen LogP contribution in [0.5, 0.6) is 0 Å². The van der Waals surface area contributed by atoms with E-state index in [0.29, 0.717) is 6.04 Å². The zero-order valence-electron chi connectivity index (χ0n) is 10.1. The minimum atomic E-state index is 0.439. The highest BCUT2D eigenvalue weighted by molar-refractivity contribution is 9.10. The molecule has 0 aliphatic carbocycles. The van der Waals surface area contributed by atoms with Gasteiger partial charge in [0.05, 0.1) is 0 Å². The second-order valence-corrected chi connectivity index (χ2v) is 6.60. The normalized spacial score (nSPS) is 12.6. The SMILES string of the molecule is CNC(Cc1cccc(Cl)c1)Cc1cc(Br)cs1. The molecular weight excluding hydrogens is 330 g/mol. The molecule has 0 saturated heterocycles. The van der Waals surface area contributed by atoms with E-state index in [-0.39, 0.29) is 0 Å². The quantitative estimate of drug-likeness (QED) is 0.840. The Morgan fingerprint density at radius 3 is 2.78 bits per heavy atom. The van der Waals surface area contributed by atoms with Crippen molar-refractivity contribution in [3.8, 4) is 0 Å². The van der Waals surface area contributed by atoms with Crippen LogP contribution in [0.25, 0.3) is 0 Å². The lowest BCUT2D eigenvalue weighted by molar-refractivity contribution is 0.560. The van der Waals surface area contributed by atoms with E-state index in [1.807, 2.05) is 25.2 Å². The fraction of sp³-hybridized carbons (Fsp3) is 0.286. The molecule has 0 amide bonds. The number of nitrogens with one attached hydrogen (secondary N) is 1. The number of hydrogen-bond donors (Lipinski definition) is 1. The second kappa shape index (κ2) is 6.71. The van der Waals surface area contributed by atoms with Gasteiger partial charge in [0.15, 0.2) is 0 Å². The Balaban J connectivity index is 2.01. The predicted octanol–water partition coefficient (Wildman–Crippen LogP) is 4.54. The van der Waals surface area contributed by atoms with Crippen LogP contribution in [0.15, 0.2) is 40.2 Å². The average molecular weight is 345 g/mol. The van der Waals surface area contributed by atoms with Crippen molar-refractivity contribution < 1.29 is 0 Å². The molecule has 1 unspecified atom stereocenters. The van der Waals surface area contributed by atoms with Crippen molar-refractivity contribution in [3.05, 3.63) is 55.6 Å². The number of benzene rings is 1. The Labute approximate surface area is 125 Å². The molecule has 0 saturated carbocycles. The van der Waals surface area contributed by atoms with Crippen LogP contribution in [0.2, 0.25) is 5.02 Å². The van der Waals surface area contributed by atoms with Gasteiger partial charge in [-0.2, -0.15) is 0 Å². The Hall–Kier alpha value is -0.350. The molecule has 0 aliphatic heterocycles. The summed E-state index contributed by atoms with van der Waals surface area (Å²) in [6.07, 6.45) is 2.03. The molecule has 1 aromatic heterocycles. The van der Waals surface area contributed by atoms with Crippen LogP contribution >= 0.6 is 38.9 Å². The van der Waals surface area contributed by atoms with Crippen LogP contribution in [-0.2, 0) is 12.8 Å². The first-order valence-corrected chi connectivity index (χ1v) is 7.87. The molecule has 0 spiro atoms. The van der Waals surface area contributed by atoms with E-state index < -0.39 is 0 Å². The van der Waals surface area contributed by atoms with E-state index in [0.717, 1.165) is 17.9 Å². The molecule has 0 fully saturated rings. The summed E-state index contributed by atoms with van der Waals surface area (Å²) < 4.78 is 1.17. The fourth-order valence-electron chi connectivity index (χ4n) is 1.93. The number of rotatable bonds is 5. The molecule has 1 atom stereocenters. The maximum absolute atomic E-state index is 6.01. The van der Waals surface area contributed by atoms with Gasteiger partial charge in [-0.15, -0.1) is 11.3 Å². The molecule has 2 rings (SSSR count). The van der Waals surface area contributed by atoms with E-state index in [1.165, 1.54) is 14.9 Å². The molecule has 1 nitrogen and oxygen atoms in total. The highest BCUT2D eigenvalue weighted by atomic mass is 79.9. The Morgan fingerprint density at radius 2 is 2.17 bits per heavy atom. The molecule has 18 heavy (non-hydrogen) atoms. The van der Waals surface area contributed by atoms with Crippen molar-refractivity contribution in [1.29, 1.82) is 0 Å². The summed E-state index contributed by atoms with van der Waals surface area (Å²) in [5, 5.41) is 6.31. The van der Waals surface area contributed by atoms with Crippen LogP contribution < -0.4 is 5.32 Å². The van der Waals surface area contributed by atoms with Crippen LogP contribution in [-0.4, -0.2) is 13.1 Å². The van der Waals surface area contributed by atoms with E-state index in [2.05, 4.69) is 38.8 Å². The maximum atomic E-state index is 6.01. The molecule has 2 aromatic rings. The third-order valence-corrected chi connectivity index (χ3v) is 4.80. The van der Waals surface area contributed by atoms with Crippen molar-refractivity contribution in [3.63, 3.8) is 0 Å². The van der Waals surface area contributed by atoms with Crippen LogP contribution in [0.3, 0.4) is 0 Å². The third-order valence-electron chi connectivity index (χ3n) is 2.85. The third kappa shape index (κ3) is 4.09. The van der Waals surface area contributed by atoms with E-state index in [1.54, 1.807) is 11.3 Å². The molecule has 1 heterocycles. The second-order valence-electron chi connectivity index (χ2n) is 4.26. The number of hydrogen-bond acceptors (Lipinski definition) is 2. The van der Waals surface area contributed by atoms with E-state index in [9.17, 15) is 0 Å². The van der Waals surface area contributed by atoms with Crippen LogP contribution in [0.4, 0.5) is 0 Å². The molecule has 0 aliphatic rings. The van der Waals surface area contributed by atoms with Gasteiger partial charge in [-0.05, 0) is 59.6 Å². The molecule has 1 aromatic carbocycles. The summed E-state index contributed by atoms with van der Waals surface area (Å²) in [6, 6.07) is 10.7. The monoisotopic (exact) mass is 343 g/mol. The topological polar surface area (TPSA) is 12.0 Å². The number of thiophene rings is 1. The maximum Gasteiger partial charge on any atom is 0.0408 e. The highest BCUT2D eigenvalue weighted by Gasteiger charge is 2.10. The van der Waals surface area contributed by atoms with Crippen molar-refractivity contribution in [2.75, 3.05) is 7.05 Å². The molecule has 4 heteroatoms. The lowest BCUT2D eigenvalue weighted by atomic mass is 10.0.